The molecule has 0 spiro atoms. The maximum Gasteiger partial charge on any atom is 0.240 e. The lowest BCUT2D eigenvalue weighted by Gasteiger charge is -2.20. The molecule has 2 aromatic carbocycles. The van der Waals surface area contributed by atoms with Gasteiger partial charge in [-0.3, -0.25) is 9.59 Å². The van der Waals surface area contributed by atoms with Gasteiger partial charge in [0.05, 0.1) is 18.3 Å². The number of anilines is 1. The summed E-state index contributed by atoms with van der Waals surface area (Å²) in [4.78, 5) is 25.5. The summed E-state index contributed by atoms with van der Waals surface area (Å²) in [5.74, 6) is 0.111. The summed E-state index contributed by atoms with van der Waals surface area (Å²) in [6, 6.07) is 16.8. The minimum atomic E-state index is -0.984. The Morgan fingerprint density at radius 2 is 1.69 bits per heavy atom. The van der Waals surface area contributed by atoms with Crippen LogP contribution in [0.15, 0.2) is 54.6 Å². The van der Waals surface area contributed by atoms with E-state index >= 15 is 0 Å². The van der Waals surface area contributed by atoms with Crippen molar-refractivity contribution in [2.45, 2.75) is 32.7 Å². The number of carbonyl (C=O) groups is 2. The molecule has 0 bridgehead atoms. The summed E-state index contributed by atoms with van der Waals surface area (Å²) >= 11 is 0. The second kappa shape index (κ2) is 7.60. The van der Waals surface area contributed by atoms with E-state index in [0.29, 0.717) is 30.9 Å². The lowest BCUT2D eigenvalue weighted by Crippen LogP contribution is -2.41. The molecule has 0 radical (unpaired) electrons. The van der Waals surface area contributed by atoms with E-state index in [1.165, 1.54) is 0 Å². The minimum Gasteiger partial charge on any atom is -0.492 e. The Balaban J connectivity index is 1.68. The van der Waals surface area contributed by atoms with Gasteiger partial charge in [0.25, 0.3) is 0 Å². The highest BCUT2D eigenvalue weighted by molar-refractivity contribution is 6.13. The number of carbonyl (C=O) groups excluding carboxylic acids is 2. The molecule has 1 aliphatic carbocycles. The predicted molar refractivity (Wildman–Crippen MR) is 101 cm³/mol. The van der Waals surface area contributed by atoms with Crippen LogP contribution in [0.2, 0.25) is 0 Å². The van der Waals surface area contributed by atoms with Gasteiger partial charge < -0.3 is 15.4 Å². The lowest BCUT2D eigenvalue weighted by molar-refractivity contribution is -0.134. The summed E-state index contributed by atoms with van der Waals surface area (Å²) in [5, 5.41) is 5.84. The monoisotopic (exact) mass is 352 g/mol. The van der Waals surface area contributed by atoms with Crippen molar-refractivity contribution in [2.75, 3.05) is 11.9 Å². The Kier molecular flexibility index (Phi) is 5.26. The quantitative estimate of drug-likeness (QED) is 0.747. The first-order chi connectivity index (χ1) is 12.6. The molecule has 26 heavy (non-hydrogen) atoms. The fraction of sp³-hybridized carbons (Fsp3) is 0.333. The highest BCUT2D eigenvalue weighted by Gasteiger charge is 2.56. The Labute approximate surface area is 153 Å². The van der Waals surface area contributed by atoms with Crippen LogP contribution in [0, 0.1) is 5.41 Å². The summed E-state index contributed by atoms with van der Waals surface area (Å²) in [6.07, 6.45) is 1.12. The van der Waals surface area contributed by atoms with Crippen molar-refractivity contribution in [3.63, 3.8) is 0 Å². The average Bonchev–Trinajstić information content (AvgIpc) is 3.46. The van der Waals surface area contributed by atoms with E-state index in [9.17, 15) is 9.59 Å². The molecule has 1 fully saturated rings. The average molecular weight is 352 g/mol. The van der Waals surface area contributed by atoms with Gasteiger partial charge in [0.2, 0.25) is 11.8 Å². The molecule has 0 aromatic heterocycles. The molecule has 5 nitrogen and oxygen atoms in total. The fourth-order valence-corrected chi connectivity index (χ4v) is 2.94. The van der Waals surface area contributed by atoms with Gasteiger partial charge in [0.1, 0.15) is 11.2 Å². The molecule has 0 saturated heterocycles. The highest BCUT2D eigenvalue weighted by atomic mass is 16.5. The topological polar surface area (TPSA) is 67.4 Å². The van der Waals surface area contributed by atoms with Crippen LogP contribution in [-0.4, -0.2) is 18.4 Å². The molecule has 0 aliphatic heterocycles. The molecule has 136 valence electrons. The third-order valence-corrected chi connectivity index (χ3v) is 4.70. The van der Waals surface area contributed by atoms with Gasteiger partial charge in [-0.05, 0) is 44.4 Å². The molecule has 2 aromatic rings. The number of para-hydroxylation sites is 2. The van der Waals surface area contributed by atoms with Crippen LogP contribution >= 0.6 is 0 Å². The zero-order valence-corrected chi connectivity index (χ0v) is 15.1. The first-order valence-corrected chi connectivity index (χ1v) is 8.96. The van der Waals surface area contributed by atoms with Gasteiger partial charge in [-0.25, -0.2) is 0 Å². The van der Waals surface area contributed by atoms with E-state index in [0.717, 1.165) is 5.56 Å². The van der Waals surface area contributed by atoms with Crippen molar-refractivity contribution in [2.24, 2.45) is 5.41 Å². The third kappa shape index (κ3) is 3.72. The first-order valence-electron chi connectivity index (χ1n) is 8.96. The van der Waals surface area contributed by atoms with Gasteiger partial charge in [-0.2, -0.15) is 0 Å². The zero-order chi connectivity index (χ0) is 18.6. The van der Waals surface area contributed by atoms with Crippen LogP contribution in [0.1, 0.15) is 38.3 Å². The van der Waals surface area contributed by atoms with E-state index in [-0.39, 0.29) is 17.9 Å². The van der Waals surface area contributed by atoms with Crippen molar-refractivity contribution in [1.29, 1.82) is 0 Å². The summed E-state index contributed by atoms with van der Waals surface area (Å²) in [7, 11) is 0. The van der Waals surface area contributed by atoms with E-state index in [4.69, 9.17) is 4.74 Å². The summed E-state index contributed by atoms with van der Waals surface area (Å²) in [6.45, 7) is 4.32. The second-order valence-corrected chi connectivity index (χ2v) is 6.57. The Hall–Kier alpha value is -2.82. The van der Waals surface area contributed by atoms with Crippen LogP contribution in [0.4, 0.5) is 5.69 Å². The molecule has 2 N–H and O–H groups in total. The Morgan fingerprint density at radius 1 is 1.04 bits per heavy atom. The smallest absolute Gasteiger partial charge is 0.240 e. The zero-order valence-electron chi connectivity index (χ0n) is 15.1. The minimum absolute atomic E-state index is 0.148. The molecule has 3 rings (SSSR count). The van der Waals surface area contributed by atoms with Crippen LogP contribution in [0.25, 0.3) is 0 Å². The number of hydrogen-bond acceptors (Lipinski definition) is 3. The number of nitrogens with one attached hydrogen (secondary N) is 2. The SMILES string of the molecule is CCOc1ccccc1NC(=O)C1(C(=O)NC(C)c2ccccc2)CC1. The number of amides is 2. The maximum atomic E-state index is 12.8. The summed E-state index contributed by atoms with van der Waals surface area (Å²) in [5.41, 5.74) is 0.621. The number of rotatable bonds is 7. The van der Waals surface area contributed by atoms with Crippen LogP contribution in [-0.2, 0) is 9.59 Å². The van der Waals surface area contributed by atoms with Crippen LogP contribution < -0.4 is 15.4 Å². The first kappa shape index (κ1) is 18.0. The van der Waals surface area contributed by atoms with Crippen molar-refractivity contribution in [3.8, 4) is 5.75 Å². The largest absolute Gasteiger partial charge is 0.492 e. The van der Waals surface area contributed by atoms with Gasteiger partial charge >= 0.3 is 0 Å². The van der Waals surface area contributed by atoms with Crippen molar-refractivity contribution in [1.82, 2.24) is 5.32 Å². The Bertz CT molecular complexity index is 785. The normalized spacial score (nSPS) is 15.6. The maximum absolute atomic E-state index is 12.8. The molecule has 0 heterocycles. The standard InChI is InChI=1S/C21H24N2O3/c1-3-26-18-12-8-7-11-17(18)23-20(25)21(13-14-21)19(24)22-15(2)16-9-5-4-6-10-16/h4-12,15H,3,13-14H2,1-2H3,(H,22,24)(H,23,25). The molecular weight excluding hydrogens is 328 g/mol. The van der Waals surface area contributed by atoms with Crippen molar-refractivity contribution in [3.05, 3.63) is 60.2 Å². The van der Waals surface area contributed by atoms with Crippen LogP contribution in [0.3, 0.4) is 0 Å². The number of benzene rings is 2. The molecular formula is C21H24N2O3. The highest BCUT2D eigenvalue weighted by Crippen LogP contribution is 2.47. The number of ether oxygens (including phenoxy) is 1. The van der Waals surface area contributed by atoms with Crippen molar-refractivity contribution >= 4 is 17.5 Å². The fourth-order valence-electron chi connectivity index (χ4n) is 2.94. The van der Waals surface area contributed by atoms with Gasteiger partial charge in [-0.1, -0.05) is 42.5 Å². The number of hydrogen-bond donors (Lipinski definition) is 2. The molecule has 5 heteroatoms. The molecule has 1 atom stereocenters. The lowest BCUT2D eigenvalue weighted by atomic mass is 10.0. The van der Waals surface area contributed by atoms with E-state index in [2.05, 4.69) is 10.6 Å². The Morgan fingerprint density at radius 3 is 2.35 bits per heavy atom. The van der Waals surface area contributed by atoms with E-state index in [1.54, 1.807) is 12.1 Å². The van der Waals surface area contributed by atoms with E-state index in [1.807, 2.05) is 56.3 Å². The molecule has 1 saturated carbocycles. The second-order valence-electron chi connectivity index (χ2n) is 6.57. The van der Waals surface area contributed by atoms with Crippen molar-refractivity contribution < 1.29 is 14.3 Å². The van der Waals surface area contributed by atoms with E-state index < -0.39 is 5.41 Å². The molecule has 1 aliphatic rings. The predicted octanol–water partition coefficient (Wildman–Crippen LogP) is 3.68. The summed E-state index contributed by atoms with van der Waals surface area (Å²) < 4.78 is 5.54. The van der Waals surface area contributed by atoms with Gasteiger partial charge in [-0.15, -0.1) is 0 Å². The van der Waals surface area contributed by atoms with Gasteiger partial charge in [0.15, 0.2) is 0 Å². The van der Waals surface area contributed by atoms with Crippen LogP contribution in [0.5, 0.6) is 5.75 Å². The molecule has 1 unspecified atom stereocenters. The van der Waals surface area contributed by atoms with Gasteiger partial charge in [0, 0.05) is 0 Å². The third-order valence-electron chi connectivity index (χ3n) is 4.70. The molecule has 2 amide bonds.